The molecule has 0 aromatic carbocycles. The average molecular weight is 659 g/mol. The fourth-order valence-electron chi connectivity index (χ4n) is 3.79. The van der Waals surface area contributed by atoms with Crippen LogP contribution in [-0.2, 0) is 28.4 Å². The number of thiol groups is 2. The van der Waals surface area contributed by atoms with Crippen molar-refractivity contribution < 1.29 is 28.4 Å². The topological polar surface area (TPSA) is 79.4 Å². The Morgan fingerprint density at radius 1 is 0.634 bits per heavy atom. The summed E-state index contributed by atoms with van der Waals surface area (Å²) >= 11 is 19.3. The van der Waals surface area contributed by atoms with Crippen LogP contribution in [0.5, 0.6) is 0 Å². The third-order valence-electron chi connectivity index (χ3n) is 6.55. The maximum atomic E-state index is 5.87. The Labute approximate surface area is 272 Å². The van der Waals surface area contributed by atoms with Gasteiger partial charge in [0.15, 0.2) is 0 Å². The largest absolute Gasteiger partial charge is 0.464 e. The minimum Gasteiger partial charge on any atom is -0.464 e. The summed E-state index contributed by atoms with van der Waals surface area (Å²) in [4.78, 5) is 0. The molecule has 0 aliphatic heterocycles. The molecule has 4 unspecified atom stereocenters. The summed E-state index contributed by atoms with van der Waals surface area (Å²) in [6.45, 7) is 13.3. The summed E-state index contributed by atoms with van der Waals surface area (Å²) in [6, 6.07) is 0. The van der Waals surface area contributed by atoms with Crippen molar-refractivity contribution in [2.75, 3.05) is 71.0 Å². The van der Waals surface area contributed by atoms with E-state index < -0.39 is 0 Å². The highest BCUT2D eigenvalue weighted by Gasteiger charge is 2.14. The van der Waals surface area contributed by atoms with Crippen molar-refractivity contribution in [3.63, 3.8) is 0 Å². The molecule has 2 N–H and O–H groups in total. The van der Waals surface area contributed by atoms with Crippen LogP contribution < -0.4 is 10.6 Å². The number of rotatable bonds is 28. The Balaban J connectivity index is 3.82. The van der Waals surface area contributed by atoms with Crippen LogP contribution in [0.25, 0.3) is 0 Å². The zero-order valence-electron chi connectivity index (χ0n) is 25.9. The van der Waals surface area contributed by atoms with Gasteiger partial charge in [-0.1, -0.05) is 66.2 Å². The molecule has 0 aliphatic rings. The van der Waals surface area contributed by atoms with Gasteiger partial charge in [0, 0.05) is 37.8 Å². The molecule has 0 saturated heterocycles. The number of nitrogens with one attached hydrogen (secondary N) is 2. The zero-order chi connectivity index (χ0) is 30.6. The number of ether oxygens (including phenoxy) is 6. The third kappa shape index (κ3) is 25.0. The van der Waals surface area contributed by atoms with Crippen LogP contribution in [-0.4, -0.2) is 93.6 Å². The predicted octanol–water partition coefficient (Wildman–Crippen LogP) is 5.82. The molecule has 41 heavy (non-hydrogen) atoms. The van der Waals surface area contributed by atoms with Crippen LogP contribution in [0, 0.1) is 11.8 Å². The fourth-order valence-corrected chi connectivity index (χ4v) is 4.63. The van der Waals surface area contributed by atoms with Crippen LogP contribution in [0.4, 0.5) is 0 Å². The van der Waals surface area contributed by atoms with Gasteiger partial charge in [0.2, 0.25) is 0 Å². The van der Waals surface area contributed by atoms with Crippen molar-refractivity contribution in [3.8, 4) is 0 Å². The summed E-state index contributed by atoms with van der Waals surface area (Å²) in [5.74, 6) is 2.24. The minimum atomic E-state index is -0.187. The molecule has 12 heteroatoms. The van der Waals surface area contributed by atoms with Crippen molar-refractivity contribution in [2.45, 2.75) is 91.3 Å². The van der Waals surface area contributed by atoms with Crippen LogP contribution in [0.3, 0.4) is 0 Å². The van der Waals surface area contributed by atoms with Gasteiger partial charge in [-0.2, -0.15) is 25.3 Å². The van der Waals surface area contributed by atoms with Crippen molar-refractivity contribution >= 4 is 60.0 Å². The number of thiocarbonyl (C=S) groups is 2. The molecule has 0 amide bonds. The standard InChI is InChI=1S/C29H58N2O6S4/c1-5-9-11-24(7-3)17-34-19-26(21-38)36-28(40)30-13-15-32-23-33-16-14-31-29(41)37-27(22-39)20-35-18-25(8-4)12-10-6-2/h24-27,38-39H,5-23H2,1-4H3,(H,30,40)(H,31,41). The Bertz CT molecular complexity index is 574. The summed E-state index contributed by atoms with van der Waals surface area (Å²) in [5.41, 5.74) is 0. The first-order valence-corrected chi connectivity index (χ1v) is 17.4. The normalized spacial score (nSPS) is 14.2. The lowest BCUT2D eigenvalue weighted by atomic mass is 10.0. The predicted molar refractivity (Wildman–Crippen MR) is 184 cm³/mol. The SMILES string of the molecule is CCCCC(CC)COCC(CS)OC(=S)NCCOCOCCNC(=S)OC(CS)COCC(CC)CCCC. The van der Waals surface area contributed by atoms with E-state index in [2.05, 4.69) is 63.6 Å². The molecule has 0 heterocycles. The van der Waals surface area contributed by atoms with E-state index in [0.717, 1.165) is 26.1 Å². The first-order valence-electron chi connectivity index (χ1n) is 15.3. The molecule has 244 valence electrons. The van der Waals surface area contributed by atoms with Crippen LogP contribution in [0.1, 0.15) is 79.1 Å². The van der Waals surface area contributed by atoms with E-state index in [1.165, 1.54) is 38.5 Å². The van der Waals surface area contributed by atoms with Crippen molar-refractivity contribution in [2.24, 2.45) is 11.8 Å². The lowest BCUT2D eigenvalue weighted by Crippen LogP contribution is -2.35. The highest BCUT2D eigenvalue weighted by Crippen LogP contribution is 2.14. The second kappa shape index (κ2) is 30.0. The lowest BCUT2D eigenvalue weighted by Gasteiger charge is -2.20. The van der Waals surface area contributed by atoms with Crippen molar-refractivity contribution in [1.82, 2.24) is 10.6 Å². The van der Waals surface area contributed by atoms with Gasteiger partial charge < -0.3 is 39.1 Å². The summed E-state index contributed by atoms with van der Waals surface area (Å²) in [5, 5.41) is 6.71. The zero-order valence-corrected chi connectivity index (χ0v) is 29.3. The first kappa shape index (κ1) is 40.9. The van der Waals surface area contributed by atoms with Gasteiger partial charge in [-0.3, -0.25) is 0 Å². The lowest BCUT2D eigenvalue weighted by molar-refractivity contribution is -0.0503. The van der Waals surface area contributed by atoms with Gasteiger partial charge in [-0.15, -0.1) is 0 Å². The van der Waals surface area contributed by atoms with Crippen molar-refractivity contribution in [1.29, 1.82) is 0 Å². The molecule has 0 rings (SSSR count). The molecule has 0 aliphatic carbocycles. The highest BCUT2D eigenvalue weighted by molar-refractivity contribution is 7.80. The van der Waals surface area contributed by atoms with Crippen LogP contribution >= 0.6 is 49.7 Å². The molecule has 0 radical (unpaired) electrons. The molecular weight excluding hydrogens is 601 g/mol. The molecule has 8 nitrogen and oxygen atoms in total. The Morgan fingerprint density at radius 3 is 1.39 bits per heavy atom. The molecule has 0 aromatic rings. The van der Waals surface area contributed by atoms with Gasteiger partial charge >= 0.3 is 0 Å². The quantitative estimate of drug-likeness (QED) is 0.0358. The van der Waals surface area contributed by atoms with E-state index in [0.29, 0.717) is 73.2 Å². The van der Waals surface area contributed by atoms with Gasteiger partial charge in [0.25, 0.3) is 10.3 Å². The minimum absolute atomic E-state index is 0.165. The monoisotopic (exact) mass is 658 g/mol. The van der Waals surface area contributed by atoms with Gasteiger partial charge in [-0.25, -0.2) is 0 Å². The molecule has 0 fully saturated rings. The first-order chi connectivity index (χ1) is 19.9. The van der Waals surface area contributed by atoms with E-state index in [1.54, 1.807) is 0 Å². The Kier molecular flexibility index (Phi) is 29.9. The maximum Gasteiger partial charge on any atom is 0.257 e. The molecular formula is C29H58N2O6S4. The summed E-state index contributed by atoms with van der Waals surface area (Å²) in [6.07, 6.45) is 9.18. The van der Waals surface area contributed by atoms with E-state index in [1.807, 2.05) is 0 Å². The van der Waals surface area contributed by atoms with E-state index in [9.17, 15) is 0 Å². The Morgan fingerprint density at radius 2 is 1.05 bits per heavy atom. The molecule has 4 atom stereocenters. The van der Waals surface area contributed by atoms with E-state index >= 15 is 0 Å². The van der Waals surface area contributed by atoms with Crippen molar-refractivity contribution in [3.05, 3.63) is 0 Å². The van der Waals surface area contributed by atoms with Gasteiger partial charge in [0.1, 0.15) is 19.0 Å². The number of unbranched alkanes of at least 4 members (excludes halogenated alkanes) is 2. The second-order valence-electron chi connectivity index (χ2n) is 10.1. The van der Waals surface area contributed by atoms with E-state index in [-0.39, 0.29) is 19.0 Å². The summed E-state index contributed by atoms with van der Waals surface area (Å²) < 4.78 is 34.2. The smallest absolute Gasteiger partial charge is 0.257 e. The van der Waals surface area contributed by atoms with Crippen LogP contribution in [0.15, 0.2) is 0 Å². The van der Waals surface area contributed by atoms with Gasteiger partial charge in [-0.05, 0) is 49.1 Å². The van der Waals surface area contributed by atoms with Gasteiger partial charge in [0.05, 0.1) is 26.4 Å². The number of hydrogen-bond donors (Lipinski definition) is 4. The highest BCUT2D eigenvalue weighted by atomic mass is 32.1. The molecule has 0 aromatic heterocycles. The Hall–Kier alpha value is -0.0800. The average Bonchev–Trinajstić information content (AvgIpc) is 2.98. The fraction of sp³-hybridized carbons (Fsp3) is 0.931. The number of hydrogen-bond acceptors (Lipinski definition) is 10. The molecule has 0 saturated carbocycles. The van der Waals surface area contributed by atoms with Crippen LogP contribution in [0.2, 0.25) is 0 Å². The maximum absolute atomic E-state index is 5.87. The molecule has 0 spiro atoms. The third-order valence-corrected chi connectivity index (χ3v) is 7.85. The summed E-state index contributed by atoms with van der Waals surface area (Å²) in [7, 11) is 0. The van der Waals surface area contributed by atoms with E-state index in [4.69, 9.17) is 52.9 Å². The molecule has 0 bridgehead atoms. The second-order valence-corrected chi connectivity index (χ2v) is 11.6.